The van der Waals surface area contributed by atoms with Gasteiger partial charge in [-0.1, -0.05) is 12.1 Å². The average Bonchev–Trinajstić information content (AvgIpc) is 3.27. The molecule has 1 amide bonds. The molecule has 0 spiro atoms. The molecule has 1 saturated heterocycles. The lowest BCUT2D eigenvalue weighted by atomic mass is 9.87. The van der Waals surface area contributed by atoms with Crippen LogP contribution in [-0.4, -0.2) is 55.3 Å². The molecular formula is C24H27F3N2O3. The molecule has 1 N–H and O–H groups in total. The Morgan fingerprint density at radius 2 is 1.75 bits per heavy atom. The molecule has 2 aromatic carbocycles. The summed E-state index contributed by atoms with van der Waals surface area (Å²) in [7, 11) is 1.53. The molecule has 0 aliphatic carbocycles. The van der Waals surface area contributed by atoms with Gasteiger partial charge in [0.05, 0.1) is 12.7 Å². The van der Waals surface area contributed by atoms with Crippen LogP contribution in [0.2, 0.25) is 0 Å². The molecule has 2 heterocycles. The number of benzene rings is 2. The maximum atomic E-state index is 13.4. The number of aliphatic hydroxyl groups is 1. The molecule has 2 unspecified atom stereocenters. The van der Waals surface area contributed by atoms with Crippen molar-refractivity contribution in [3.05, 3.63) is 59.2 Å². The molecule has 0 radical (unpaired) electrons. The number of anilines is 1. The second kappa shape index (κ2) is 9.11. The van der Waals surface area contributed by atoms with Crippen LogP contribution < -0.4 is 9.64 Å². The Morgan fingerprint density at radius 3 is 2.38 bits per heavy atom. The number of amides is 1. The van der Waals surface area contributed by atoms with Gasteiger partial charge in [0.25, 0.3) is 5.91 Å². The Morgan fingerprint density at radius 1 is 1.06 bits per heavy atom. The molecule has 8 heteroatoms. The number of carbonyl (C=O) groups is 1. The molecule has 0 bridgehead atoms. The fourth-order valence-corrected chi connectivity index (χ4v) is 4.62. The van der Waals surface area contributed by atoms with Crippen molar-refractivity contribution >= 4 is 11.6 Å². The van der Waals surface area contributed by atoms with Gasteiger partial charge in [-0.05, 0) is 73.8 Å². The number of hydrogen-bond acceptors (Lipinski definition) is 4. The molecule has 2 aromatic rings. The van der Waals surface area contributed by atoms with Gasteiger partial charge in [0.15, 0.2) is 0 Å². The van der Waals surface area contributed by atoms with Crippen LogP contribution in [0.1, 0.15) is 35.4 Å². The van der Waals surface area contributed by atoms with Gasteiger partial charge >= 0.3 is 6.18 Å². The van der Waals surface area contributed by atoms with Crippen molar-refractivity contribution in [2.24, 2.45) is 0 Å². The number of nitrogens with zero attached hydrogens (tertiary/aromatic N) is 2. The largest absolute Gasteiger partial charge is 0.497 e. The number of aliphatic hydroxyl groups excluding tert-OH is 1. The van der Waals surface area contributed by atoms with Crippen LogP contribution in [0.4, 0.5) is 18.9 Å². The summed E-state index contributed by atoms with van der Waals surface area (Å²) in [5.41, 5.74) is 0.772. The molecule has 0 saturated carbocycles. The number of fused-ring (bicyclic) bond motifs is 1. The quantitative estimate of drug-likeness (QED) is 0.755. The minimum atomic E-state index is -4.49. The average molecular weight is 448 g/mol. The fourth-order valence-electron chi connectivity index (χ4n) is 4.62. The molecule has 0 aromatic heterocycles. The molecule has 2 aliphatic rings. The number of ether oxygens (including phenoxy) is 1. The summed E-state index contributed by atoms with van der Waals surface area (Å²) in [6, 6.07) is 10.4. The van der Waals surface area contributed by atoms with Crippen molar-refractivity contribution in [1.82, 2.24) is 4.90 Å². The van der Waals surface area contributed by atoms with Gasteiger partial charge in [-0.3, -0.25) is 4.79 Å². The Bertz CT molecular complexity index is 956. The summed E-state index contributed by atoms with van der Waals surface area (Å²) in [4.78, 5) is 17.0. The van der Waals surface area contributed by atoms with E-state index in [9.17, 15) is 23.1 Å². The number of carbonyl (C=O) groups excluding carboxylic acids is 1. The van der Waals surface area contributed by atoms with E-state index in [1.807, 2.05) is 0 Å². The topological polar surface area (TPSA) is 53.0 Å². The Hall–Kier alpha value is -2.58. The van der Waals surface area contributed by atoms with E-state index in [0.717, 1.165) is 38.1 Å². The maximum Gasteiger partial charge on any atom is 0.416 e. The zero-order valence-corrected chi connectivity index (χ0v) is 17.9. The lowest BCUT2D eigenvalue weighted by molar-refractivity contribution is -0.137. The molecule has 32 heavy (non-hydrogen) atoms. The van der Waals surface area contributed by atoms with E-state index in [4.69, 9.17) is 4.74 Å². The number of rotatable bonds is 5. The molecule has 2 aliphatic heterocycles. The molecule has 5 nitrogen and oxygen atoms in total. The van der Waals surface area contributed by atoms with E-state index in [1.165, 1.54) is 18.1 Å². The van der Waals surface area contributed by atoms with Crippen LogP contribution in [0.25, 0.3) is 0 Å². The highest BCUT2D eigenvalue weighted by Gasteiger charge is 2.38. The second-order valence-electron chi connectivity index (χ2n) is 8.41. The summed E-state index contributed by atoms with van der Waals surface area (Å²) in [6.07, 6.45) is -3.52. The van der Waals surface area contributed by atoms with E-state index < -0.39 is 29.7 Å². The first-order valence-corrected chi connectivity index (χ1v) is 10.8. The Balaban J connectivity index is 1.71. The van der Waals surface area contributed by atoms with Gasteiger partial charge < -0.3 is 19.6 Å². The van der Waals surface area contributed by atoms with Crippen molar-refractivity contribution in [2.75, 3.05) is 38.2 Å². The third kappa shape index (κ3) is 4.61. The number of likely N-dealkylation sites (tertiary alicyclic amines) is 1. The van der Waals surface area contributed by atoms with E-state index in [-0.39, 0.29) is 6.42 Å². The lowest BCUT2D eigenvalue weighted by Gasteiger charge is -2.28. The number of alkyl halides is 3. The van der Waals surface area contributed by atoms with Crippen LogP contribution in [0.5, 0.6) is 5.75 Å². The summed E-state index contributed by atoms with van der Waals surface area (Å²) in [5, 5.41) is 11.0. The summed E-state index contributed by atoms with van der Waals surface area (Å²) in [6.45, 7) is 2.83. The van der Waals surface area contributed by atoms with Gasteiger partial charge in [-0.25, -0.2) is 0 Å². The van der Waals surface area contributed by atoms with Crippen LogP contribution in [0, 0.1) is 0 Å². The minimum Gasteiger partial charge on any atom is -0.497 e. The Kier molecular flexibility index (Phi) is 6.44. The second-order valence-corrected chi connectivity index (χ2v) is 8.41. The summed E-state index contributed by atoms with van der Waals surface area (Å²) in [5.74, 6) is -0.522. The zero-order chi connectivity index (χ0) is 22.9. The molecule has 2 atom stereocenters. The third-order valence-corrected chi connectivity index (χ3v) is 6.42. The fraction of sp³-hybridized carbons (Fsp3) is 0.458. The van der Waals surface area contributed by atoms with Crippen molar-refractivity contribution in [2.45, 2.75) is 37.5 Å². The van der Waals surface area contributed by atoms with Crippen molar-refractivity contribution in [3.8, 4) is 5.75 Å². The monoisotopic (exact) mass is 448 g/mol. The van der Waals surface area contributed by atoms with Crippen LogP contribution >= 0.6 is 0 Å². The standard InChI is InChI=1S/C24H27F3N2O3/c1-32-19-7-4-16(5-8-19)20-15-17-14-18(24(25,26)27)6-9-21(17)29(23(31)22(20)30)13-12-28-10-2-3-11-28/h4-9,14,20,22,30H,2-3,10-13,15H2,1H3. The number of methoxy groups -OCH3 is 1. The summed E-state index contributed by atoms with van der Waals surface area (Å²) >= 11 is 0. The number of hydrogen-bond donors (Lipinski definition) is 1. The van der Waals surface area contributed by atoms with Crippen LogP contribution in [0.3, 0.4) is 0 Å². The predicted molar refractivity (Wildman–Crippen MR) is 115 cm³/mol. The molecule has 4 rings (SSSR count). The van der Waals surface area contributed by atoms with Gasteiger partial charge in [-0.2, -0.15) is 13.2 Å². The van der Waals surface area contributed by atoms with E-state index in [2.05, 4.69) is 4.90 Å². The van der Waals surface area contributed by atoms with Gasteiger partial charge in [0.1, 0.15) is 11.9 Å². The van der Waals surface area contributed by atoms with E-state index in [0.29, 0.717) is 35.7 Å². The van der Waals surface area contributed by atoms with Gasteiger partial charge in [0.2, 0.25) is 0 Å². The minimum absolute atomic E-state index is 0.124. The first-order chi connectivity index (χ1) is 15.3. The predicted octanol–water partition coefficient (Wildman–Crippen LogP) is 3.84. The SMILES string of the molecule is COc1ccc(C2Cc3cc(C(F)(F)F)ccc3N(CCN3CCCC3)C(=O)C2O)cc1. The zero-order valence-electron chi connectivity index (χ0n) is 17.9. The highest BCUT2D eigenvalue weighted by Crippen LogP contribution is 2.39. The van der Waals surface area contributed by atoms with Gasteiger partial charge in [-0.15, -0.1) is 0 Å². The highest BCUT2D eigenvalue weighted by molar-refractivity contribution is 5.98. The van der Waals surface area contributed by atoms with Crippen LogP contribution in [-0.2, 0) is 17.4 Å². The molecule has 1 fully saturated rings. The highest BCUT2D eigenvalue weighted by atomic mass is 19.4. The molecular weight excluding hydrogens is 421 g/mol. The van der Waals surface area contributed by atoms with Gasteiger partial charge in [0, 0.05) is 24.7 Å². The third-order valence-electron chi connectivity index (χ3n) is 6.42. The maximum absolute atomic E-state index is 13.4. The van der Waals surface area contributed by atoms with E-state index >= 15 is 0 Å². The first kappa shape index (κ1) is 22.6. The van der Waals surface area contributed by atoms with E-state index in [1.54, 1.807) is 24.3 Å². The normalized spacial score (nSPS) is 22.0. The Labute approximate surface area is 185 Å². The lowest BCUT2D eigenvalue weighted by Crippen LogP contribution is -2.44. The molecule has 172 valence electrons. The summed E-state index contributed by atoms with van der Waals surface area (Å²) < 4.78 is 45.4. The number of halogens is 3. The first-order valence-electron chi connectivity index (χ1n) is 10.8. The van der Waals surface area contributed by atoms with Crippen LogP contribution in [0.15, 0.2) is 42.5 Å². The van der Waals surface area contributed by atoms with Crippen molar-refractivity contribution in [1.29, 1.82) is 0 Å². The van der Waals surface area contributed by atoms with Crippen molar-refractivity contribution < 1.29 is 27.8 Å². The smallest absolute Gasteiger partial charge is 0.416 e. The van der Waals surface area contributed by atoms with Crippen molar-refractivity contribution in [3.63, 3.8) is 0 Å².